The van der Waals surface area contributed by atoms with Crippen LogP contribution in [0.2, 0.25) is 0 Å². The van der Waals surface area contributed by atoms with Crippen molar-refractivity contribution >= 4 is 11.6 Å². The predicted octanol–water partition coefficient (Wildman–Crippen LogP) is 3.13. The van der Waals surface area contributed by atoms with Crippen LogP contribution in [-0.2, 0) is 23.6 Å². The Balaban J connectivity index is 1.24. The third-order valence-corrected chi connectivity index (χ3v) is 6.99. The number of piperazine rings is 1. The van der Waals surface area contributed by atoms with E-state index in [2.05, 4.69) is 20.4 Å². The second kappa shape index (κ2) is 14.4. The predicted molar refractivity (Wildman–Crippen MR) is 151 cm³/mol. The number of aliphatic hydroxyl groups is 1. The van der Waals surface area contributed by atoms with Crippen LogP contribution >= 0.6 is 0 Å². The number of β-amino-alcohol motifs (C(OH)–C–C–N with tert-alkyl or cyclic N) is 1. The van der Waals surface area contributed by atoms with E-state index in [1.165, 1.54) is 7.11 Å². The third-order valence-electron chi connectivity index (χ3n) is 6.99. The first kappa shape index (κ1) is 33.9. The van der Waals surface area contributed by atoms with Gasteiger partial charge in [-0.15, -0.1) is 0 Å². The summed E-state index contributed by atoms with van der Waals surface area (Å²) >= 11 is 0. The maximum absolute atomic E-state index is 13.9. The molecular weight excluding hydrogens is 612 g/mol. The molecule has 0 saturated carbocycles. The van der Waals surface area contributed by atoms with Crippen molar-refractivity contribution < 1.29 is 40.9 Å². The fourth-order valence-corrected chi connectivity index (χ4v) is 4.69. The van der Waals surface area contributed by atoms with Gasteiger partial charge in [-0.1, -0.05) is 12.1 Å². The monoisotopic (exact) mass is 645 g/mol. The first-order valence-electron chi connectivity index (χ1n) is 13.9. The van der Waals surface area contributed by atoms with Gasteiger partial charge < -0.3 is 24.8 Å². The summed E-state index contributed by atoms with van der Waals surface area (Å²) in [6.45, 7) is 3.36. The highest BCUT2D eigenvalue weighted by molar-refractivity contribution is 5.50. The molecule has 2 aromatic heterocycles. The number of ether oxygens (including phenoxy) is 2. The fourth-order valence-electron chi connectivity index (χ4n) is 4.69. The molecular formula is C28H33F6N7O4. The number of aliphatic hydroxyl groups excluding tert-OH is 1. The number of methoxy groups -OCH3 is 1. The van der Waals surface area contributed by atoms with E-state index in [9.17, 15) is 36.2 Å². The molecule has 3 heterocycles. The molecule has 0 aliphatic carbocycles. The Morgan fingerprint density at radius 2 is 1.60 bits per heavy atom. The van der Waals surface area contributed by atoms with Gasteiger partial charge in [-0.05, 0) is 24.6 Å². The number of halogens is 6. The van der Waals surface area contributed by atoms with Gasteiger partial charge in [0.1, 0.15) is 11.3 Å². The van der Waals surface area contributed by atoms with E-state index in [0.717, 1.165) is 23.3 Å². The van der Waals surface area contributed by atoms with Crippen molar-refractivity contribution in [2.45, 2.75) is 38.0 Å². The molecule has 246 valence electrons. The summed E-state index contributed by atoms with van der Waals surface area (Å²) in [5.74, 6) is 0.748. The van der Waals surface area contributed by atoms with Gasteiger partial charge in [-0.2, -0.15) is 31.4 Å². The largest absolute Gasteiger partial charge is 0.497 e. The molecule has 1 aliphatic heterocycles. The molecule has 17 heteroatoms. The van der Waals surface area contributed by atoms with Gasteiger partial charge in [0.15, 0.2) is 0 Å². The molecule has 0 spiro atoms. The Bertz CT molecular complexity index is 1440. The zero-order chi connectivity index (χ0) is 32.8. The summed E-state index contributed by atoms with van der Waals surface area (Å²) < 4.78 is 91.3. The van der Waals surface area contributed by atoms with Crippen LogP contribution in [0.3, 0.4) is 0 Å². The molecule has 0 radical (unpaired) electrons. The number of anilines is 2. The first-order chi connectivity index (χ1) is 21.2. The summed E-state index contributed by atoms with van der Waals surface area (Å²) in [7, 11) is 1.48. The highest BCUT2D eigenvalue weighted by Crippen LogP contribution is 2.32. The highest BCUT2D eigenvalue weighted by atomic mass is 19.4. The molecule has 1 unspecified atom stereocenters. The lowest BCUT2D eigenvalue weighted by Gasteiger charge is -2.35. The fraction of sp³-hybridized carbons (Fsp3) is 0.500. The van der Waals surface area contributed by atoms with Crippen molar-refractivity contribution in [2.75, 3.05) is 63.3 Å². The molecule has 1 aromatic carbocycles. The lowest BCUT2D eigenvalue weighted by Crippen LogP contribution is -2.49. The van der Waals surface area contributed by atoms with Crippen LogP contribution in [0.25, 0.3) is 0 Å². The Hall–Kier alpha value is -3.96. The standard InChI is InChI=1S/C28H33F6N7O4/c1-18(38-23-13-37-41(25(43)24(23)28(32,33)34)14-19-3-5-22(44-2)6-4-19)16-45-17-21(42)15-39-7-9-40(10-8-39)26-35-11-20(12-36-26)27(29,30)31/h3-6,11-13,18,21,38,42H,7-10,14-17H2,1-2H3/t18-,21?/m0/s1. The van der Waals surface area contributed by atoms with E-state index in [0.29, 0.717) is 37.5 Å². The number of nitrogens with zero attached hydrogens (tertiary/aromatic N) is 6. The van der Waals surface area contributed by atoms with Gasteiger partial charge in [0.25, 0.3) is 5.56 Å². The van der Waals surface area contributed by atoms with Crippen LogP contribution in [0.1, 0.15) is 23.6 Å². The molecule has 0 amide bonds. The minimum Gasteiger partial charge on any atom is -0.497 e. The van der Waals surface area contributed by atoms with Gasteiger partial charge >= 0.3 is 12.4 Å². The molecule has 2 N–H and O–H groups in total. The molecule has 2 atom stereocenters. The lowest BCUT2D eigenvalue weighted by molar-refractivity contribution is -0.139. The molecule has 45 heavy (non-hydrogen) atoms. The van der Waals surface area contributed by atoms with E-state index in [-0.39, 0.29) is 32.3 Å². The summed E-state index contributed by atoms with van der Waals surface area (Å²) in [5, 5.41) is 17.0. The maximum Gasteiger partial charge on any atom is 0.423 e. The Morgan fingerprint density at radius 1 is 0.956 bits per heavy atom. The molecule has 1 saturated heterocycles. The van der Waals surface area contributed by atoms with Crippen molar-refractivity contribution in [3.63, 3.8) is 0 Å². The number of alkyl halides is 6. The average molecular weight is 646 g/mol. The molecule has 0 bridgehead atoms. The zero-order valence-corrected chi connectivity index (χ0v) is 24.5. The lowest BCUT2D eigenvalue weighted by atomic mass is 10.2. The Morgan fingerprint density at radius 3 is 2.18 bits per heavy atom. The number of nitrogens with one attached hydrogen (secondary N) is 1. The van der Waals surface area contributed by atoms with Crippen molar-refractivity contribution in [3.05, 3.63) is 69.9 Å². The number of aromatic nitrogens is 4. The third kappa shape index (κ3) is 9.27. The average Bonchev–Trinajstić information content (AvgIpc) is 2.98. The Kier molecular flexibility index (Phi) is 10.9. The molecule has 3 aromatic rings. The van der Waals surface area contributed by atoms with Crippen LogP contribution in [0.15, 0.2) is 47.7 Å². The summed E-state index contributed by atoms with van der Waals surface area (Å²) in [4.78, 5) is 24.1. The normalized spacial score (nSPS) is 16.0. The van der Waals surface area contributed by atoms with Crippen molar-refractivity contribution in [3.8, 4) is 5.75 Å². The molecule has 1 aliphatic rings. The van der Waals surface area contributed by atoms with Gasteiger partial charge in [-0.25, -0.2) is 14.6 Å². The quantitative estimate of drug-likeness (QED) is 0.285. The van der Waals surface area contributed by atoms with E-state index in [1.807, 2.05) is 4.90 Å². The number of hydrogen-bond donors (Lipinski definition) is 2. The van der Waals surface area contributed by atoms with Gasteiger partial charge in [-0.3, -0.25) is 9.69 Å². The van der Waals surface area contributed by atoms with E-state index < -0.39 is 46.9 Å². The van der Waals surface area contributed by atoms with E-state index >= 15 is 0 Å². The van der Waals surface area contributed by atoms with Gasteiger partial charge in [0, 0.05) is 51.2 Å². The van der Waals surface area contributed by atoms with Gasteiger partial charge in [0.2, 0.25) is 5.95 Å². The molecule has 1 fully saturated rings. The second-order valence-electron chi connectivity index (χ2n) is 10.5. The van der Waals surface area contributed by atoms with Crippen LogP contribution < -0.4 is 20.5 Å². The van der Waals surface area contributed by atoms with Crippen LogP contribution in [0.4, 0.5) is 38.0 Å². The Labute approximate surface area is 254 Å². The van der Waals surface area contributed by atoms with Crippen molar-refractivity contribution in [2.24, 2.45) is 0 Å². The summed E-state index contributed by atoms with van der Waals surface area (Å²) in [5.41, 5.74) is -3.52. The number of benzene rings is 1. The van der Waals surface area contributed by atoms with Gasteiger partial charge in [0.05, 0.1) is 50.4 Å². The van der Waals surface area contributed by atoms with Crippen LogP contribution in [-0.4, -0.2) is 94.9 Å². The minimum atomic E-state index is -4.94. The smallest absolute Gasteiger partial charge is 0.423 e. The number of hydrogen-bond acceptors (Lipinski definition) is 10. The second-order valence-corrected chi connectivity index (χ2v) is 10.5. The summed E-state index contributed by atoms with van der Waals surface area (Å²) in [6, 6.07) is 5.84. The van der Waals surface area contributed by atoms with Crippen molar-refractivity contribution in [1.29, 1.82) is 0 Å². The zero-order valence-electron chi connectivity index (χ0n) is 24.5. The number of rotatable bonds is 12. The molecule has 11 nitrogen and oxygen atoms in total. The minimum absolute atomic E-state index is 0.0671. The summed E-state index contributed by atoms with van der Waals surface area (Å²) in [6.07, 6.45) is -7.93. The molecule has 4 rings (SSSR count). The maximum atomic E-state index is 13.9. The SMILES string of the molecule is COc1ccc(Cn2ncc(N[C@@H](C)COCC(O)CN3CCN(c4ncc(C(F)(F)F)cn4)CC3)c(C(F)(F)F)c2=O)cc1. The van der Waals surface area contributed by atoms with Crippen LogP contribution in [0, 0.1) is 0 Å². The first-order valence-corrected chi connectivity index (χ1v) is 13.9. The topological polar surface area (TPSA) is 118 Å². The van der Waals surface area contributed by atoms with Crippen molar-refractivity contribution in [1.82, 2.24) is 24.6 Å². The highest BCUT2D eigenvalue weighted by Gasteiger charge is 2.38. The van der Waals surface area contributed by atoms with E-state index in [1.54, 1.807) is 36.1 Å². The van der Waals surface area contributed by atoms with E-state index in [4.69, 9.17) is 9.47 Å². The van der Waals surface area contributed by atoms with Crippen LogP contribution in [0.5, 0.6) is 5.75 Å².